The van der Waals surface area contributed by atoms with Crippen molar-refractivity contribution in [2.75, 3.05) is 5.73 Å². The Morgan fingerprint density at radius 2 is 2.00 bits per heavy atom. The molecule has 0 bridgehead atoms. The highest BCUT2D eigenvalue weighted by Gasteiger charge is 2.56. The third-order valence-corrected chi connectivity index (χ3v) is 5.39. The molecule has 1 aromatic carbocycles. The molecule has 0 saturated carbocycles. The highest BCUT2D eigenvalue weighted by molar-refractivity contribution is 5.86. The fraction of sp³-hybridized carbons (Fsp3) is 0.368. The lowest BCUT2D eigenvalue weighted by atomic mass is 9.88. The van der Waals surface area contributed by atoms with Crippen LogP contribution in [-0.4, -0.2) is 47.7 Å². The van der Waals surface area contributed by atoms with E-state index in [-0.39, 0.29) is 11.4 Å². The van der Waals surface area contributed by atoms with Crippen LogP contribution in [0.2, 0.25) is 0 Å². The molecule has 30 heavy (non-hydrogen) atoms. The van der Waals surface area contributed by atoms with Crippen molar-refractivity contribution in [2.24, 2.45) is 0 Å². The van der Waals surface area contributed by atoms with Crippen LogP contribution in [0.5, 0.6) is 0 Å². The minimum absolute atomic E-state index is 0.105. The largest absolute Gasteiger partial charge is 0.416 e. The van der Waals surface area contributed by atoms with E-state index in [0.717, 1.165) is 18.2 Å². The molecule has 4 rings (SSSR count). The number of nitrogen functional groups attached to an aromatic ring is 1. The predicted molar refractivity (Wildman–Crippen MR) is 98.9 cm³/mol. The summed E-state index contributed by atoms with van der Waals surface area (Å²) in [7, 11) is 0. The van der Waals surface area contributed by atoms with Crippen LogP contribution in [0, 0.1) is 0 Å². The number of hydrogen-bond acceptors (Lipinski definition) is 7. The quantitative estimate of drug-likeness (QED) is 0.505. The van der Waals surface area contributed by atoms with Crippen molar-refractivity contribution >= 4 is 16.9 Å². The van der Waals surface area contributed by atoms with Crippen molar-refractivity contribution in [3.63, 3.8) is 0 Å². The van der Waals surface area contributed by atoms with Gasteiger partial charge in [-0.15, -0.1) is 0 Å². The van der Waals surface area contributed by atoms with Crippen molar-refractivity contribution in [1.29, 1.82) is 0 Å². The first-order valence-electron chi connectivity index (χ1n) is 9.00. The minimum Gasteiger partial charge on any atom is -0.386 e. The van der Waals surface area contributed by atoms with Gasteiger partial charge in [-0.2, -0.15) is 13.2 Å². The van der Waals surface area contributed by atoms with Gasteiger partial charge in [-0.1, -0.05) is 12.1 Å². The monoisotopic (exact) mass is 424 g/mol. The molecule has 0 spiro atoms. The van der Waals surface area contributed by atoms with Gasteiger partial charge >= 0.3 is 6.18 Å². The van der Waals surface area contributed by atoms with Crippen molar-refractivity contribution in [1.82, 2.24) is 14.5 Å². The fourth-order valence-electron chi connectivity index (χ4n) is 3.70. The molecule has 1 aliphatic heterocycles. The van der Waals surface area contributed by atoms with Crippen LogP contribution in [0.25, 0.3) is 11.0 Å². The van der Waals surface area contributed by atoms with E-state index >= 15 is 0 Å². The normalized spacial score (nSPS) is 28.2. The summed E-state index contributed by atoms with van der Waals surface area (Å²) < 4.78 is 46.2. The first kappa shape index (κ1) is 20.5. The van der Waals surface area contributed by atoms with Gasteiger partial charge in [0.15, 0.2) is 6.23 Å². The van der Waals surface area contributed by atoms with E-state index in [1.54, 1.807) is 6.07 Å². The first-order chi connectivity index (χ1) is 14.0. The molecule has 1 aliphatic rings. The Balaban J connectivity index is 1.69. The highest BCUT2D eigenvalue weighted by Crippen LogP contribution is 2.44. The van der Waals surface area contributed by atoms with Gasteiger partial charge < -0.3 is 30.4 Å². The average Bonchev–Trinajstić information content (AvgIpc) is 3.21. The van der Waals surface area contributed by atoms with Gasteiger partial charge in [-0.25, -0.2) is 9.97 Å². The Morgan fingerprint density at radius 1 is 1.27 bits per heavy atom. The fourth-order valence-corrected chi connectivity index (χ4v) is 3.70. The van der Waals surface area contributed by atoms with E-state index in [0.29, 0.717) is 11.0 Å². The molecule has 11 heteroatoms. The summed E-state index contributed by atoms with van der Waals surface area (Å²) in [5.41, 5.74) is 3.11. The molecule has 0 amide bonds. The van der Waals surface area contributed by atoms with Crippen molar-refractivity contribution in [3.05, 3.63) is 54.0 Å². The summed E-state index contributed by atoms with van der Waals surface area (Å²) in [5.74, 6) is 0.207. The van der Waals surface area contributed by atoms with E-state index < -0.39 is 41.9 Å². The summed E-state index contributed by atoms with van der Waals surface area (Å²) in [6.07, 6.45) is -7.59. The van der Waals surface area contributed by atoms with Gasteiger partial charge in [0.05, 0.1) is 10.9 Å². The van der Waals surface area contributed by atoms with Crippen molar-refractivity contribution in [2.45, 2.75) is 43.2 Å². The standard InChI is InChI=1S/C19H19F3N4O4/c1-18(29)13(28)17(26-6-5-11-15(23)24-8-25-16(11)26)30-14(18)12(27)9-3-2-4-10(7-9)19(20,21)22/h2-8,12-14,17,27-29H,1H3,(H2,23,24,25)/t12-,13+,14-,17-,18+/m1/s1. The molecule has 8 nitrogen and oxygen atoms in total. The second-order valence-corrected chi connectivity index (χ2v) is 7.41. The summed E-state index contributed by atoms with van der Waals surface area (Å²) in [6, 6.07) is 5.70. The molecule has 5 atom stereocenters. The summed E-state index contributed by atoms with van der Waals surface area (Å²) in [6.45, 7) is 1.24. The maximum atomic E-state index is 13.0. The number of aliphatic hydroxyl groups is 3. The molecule has 3 heterocycles. The Labute approximate surface area is 168 Å². The van der Waals surface area contributed by atoms with E-state index in [9.17, 15) is 28.5 Å². The van der Waals surface area contributed by atoms with E-state index in [1.807, 2.05) is 0 Å². The summed E-state index contributed by atoms with van der Waals surface area (Å²) in [4.78, 5) is 7.98. The van der Waals surface area contributed by atoms with Gasteiger partial charge in [0.2, 0.25) is 0 Å². The molecule has 1 saturated heterocycles. The second-order valence-electron chi connectivity index (χ2n) is 7.41. The summed E-state index contributed by atoms with van der Waals surface area (Å²) in [5, 5.41) is 32.8. The SMILES string of the molecule is C[C@@]1(O)[C@@H]([C@H](O)c2cccc(C(F)(F)F)c2)O[C@@H](n2ccc3c(N)ncnc32)[C@@H]1O. The van der Waals surface area contributed by atoms with Gasteiger partial charge in [0.1, 0.15) is 41.7 Å². The third kappa shape index (κ3) is 3.19. The molecule has 1 fully saturated rings. The number of halogens is 3. The zero-order valence-electron chi connectivity index (χ0n) is 15.7. The number of hydrogen-bond donors (Lipinski definition) is 4. The molecular formula is C19H19F3N4O4. The van der Waals surface area contributed by atoms with Crippen LogP contribution >= 0.6 is 0 Å². The molecule has 5 N–H and O–H groups in total. The molecular weight excluding hydrogens is 405 g/mol. The van der Waals surface area contributed by atoms with Crippen LogP contribution in [0.4, 0.5) is 19.0 Å². The third-order valence-electron chi connectivity index (χ3n) is 5.39. The maximum absolute atomic E-state index is 13.0. The average molecular weight is 424 g/mol. The number of aliphatic hydroxyl groups excluding tert-OH is 2. The van der Waals surface area contributed by atoms with Crippen LogP contribution in [0.1, 0.15) is 30.4 Å². The van der Waals surface area contributed by atoms with Crippen molar-refractivity contribution in [3.8, 4) is 0 Å². The van der Waals surface area contributed by atoms with Crippen LogP contribution in [-0.2, 0) is 10.9 Å². The number of fused-ring (bicyclic) bond motifs is 1. The van der Waals surface area contributed by atoms with E-state index in [1.165, 1.54) is 30.1 Å². The minimum atomic E-state index is -4.60. The van der Waals surface area contributed by atoms with Gasteiger partial charge in [-0.05, 0) is 30.7 Å². The molecule has 3 aromatic rings. The zero-order chi connectivity index (χ0) is 21.8. The number of nitrogens with zero attached hydrogens (tertiary/aromatic N) is 3. The van der Waals surface area contributed by atoms with Crippen molar-refractivity contribution < 1.29 is 33.2 Å². The molecule has 2 aromatic heterocycles. The molecule has 160 valence electrons. The maximum Gasteiger partial charge on any atom is 0.416 e. The number of benzene rings is 1. The lowest BCUT2D eigenvalue weighted by molar-refractivity contribution is -0.138. The number of aromatic nitrogens is 3. The highest BCUT2D eigenvalue weighted by atomic mass is 19.4. The Bertz CT molecular complexity index is 1090. The Kier molecular flexibility index (Phi) is 4.73. The second kappa shape index (κ2) is 6.91. The Hall–Kier alpha value is -2.73. The predicted octanol–water partition coefficient (Wildman–Crippen LogP) is 1.78. The summed E-state index contributed by atoms with van der Waals surface area (Å²) >= 11 is 0. The number of alkyl halides is 3. The Morgan fingerprint density at radius 3 is 2.70 bits per heavy atom. The number of ether oxygens (including phenoxy) is 1. The first-order valence-corrected chi connectivity index (χ1v) is 9.00. The number of anilines is 1. The topological polar surface area (TPSA) is 127 Å². The van der Waals surface area contributed by atoms with Crippen LogP contribution in [0.15, 0.2) is 42.9 Å². The molecule has 0 radical (unpaired) electrons. The van der Waals surface area contributed by atoms with Gasteiger partial charge in [0, 0.05) is 6.20 Å². The molecule has 0 aliphatic carbocycles. The van der Waals surface area contributed by atoms with E-state index in [2.05, 4.69) is 9.97 Å². The van der Waals surface area contributed by atoms with Gasteiger partial charge in [0.25, 0.3) is 0 Å². The smallest absolute Gasteiger partial charge is 0.386 e. The van der Waals surface area contributed by atoms with E-state index in [4.69, 9.17) is 10.5 Å². The van der Waals surface area contributed by atoms with Gasteiger partial charge in [-0.3, -0.25) is 0 Å². The lowest BCUT2D eigenvalue weighted by Crippen LogP contribution is -2.47. The van der Waals surface area contributed by atoms with Crippen LogP contribution in [0.3, 0.4) is 0 Å². The lowest BCUT2D eigenvalue weighted by Gasteiger charge is -2.30. The molecule has 0 unspecified atom stereocenters. The number of nitrogens with two attached hydrogens (primary N) is 1. The van der Waals surface area contributed by atoms with Crippen LogP contribution < -0.4 is 5.73 Å². The zero-order valence-corrected chi connectivity index (χ0v) is 15.7. The number of rotatable bonds is 3.